The first-order valence-corrected chi connectivity index (χ1v) is 7.94. The van der Waals surface area contributed by atoms with Gasteiger partial charge in [-0.15, -0.1) is 11.3 Å². The minimum atomic E-state index is 0.734. The zero-order valence-electron chi connectivity index (χ0n) is 11.4. The molecule has 0 bridgehead atoms. The van der Waals surface area contributed by atoms with E-state index < -0.39 is 0 Å². The lowest BCUT2D eigenvalue weighted by Gasteiger charge is -2.05. The van der Waals surface area contributed by atoms with Gasteiger partial charge in [0.1, 0.15) is 0 Å². The Bertz CT molecular complexity index is 524. The zero-order chi connectivity index (χ0) is 13.1. The highest BCUT2D eigenvalue weighted by atomic mass is 32.1. The van der Waals surface area contributed by atoms with Crippen LogP contribution in [0.25, 0.3) is 0 Å². The molecule has 3 rings (SSSR count). The standard InChI is InChI=1S/C16H20N2S/c1-12-6-8-14(9-7-12)17-10-15-11-19-16(18-15)13-4-2-3-5-13/h6-9,11,13,17H,2-5,10H2,1H3. The van der Waals surface area contributed by atoms with Gasteiger partial charge in [-0.3, -0.25) is 0 Å². The summed E-state index contributed by atoms with van der Waals surface area (Å²) in [6.07, 6.45) is 5.42. The van der Waals surface area contributed by atoms with E-state index in [9.17, 15) is 0 Å². The number of rotatable bonds is 4. The van der Waals surface area contributed by atoms with Gasteiger partial charge in [-0.05, 0) is 31.9 Å². The highest BCUT2D eigenvalue weighted by molar-refractivity contribution is 7.09. The van der Waals surface area contributed by atoms with Crippen LogP contribution >= 0.6 is 11.3 Å². The second-order valence-corrected chi connectivity index (χ2v) is 6.27. The first-order chi connectivity index (χ1) is 9.31. The summed E-state index contributed by atoms with van der Waals surface area (Å²) in [5.41, 5.74) is 3.64. The summed E-state index contributed by atoms with van der Waals surface area (Å²) in [5.74, 6) is 0.734. The Hall–Kier alpha value is -1.35. The summed E-state index contributed by atoms with van der Waals surface area (Å²) in [6, 6.07) is 8.51. The van der Waals surface area contributed by atoms with E-state index in [2.05, 4.69) is 41.9 Å². The van der Waals surface area contributed by atoms with E-state index in [0.717, 1.165) is 12.5 Å². The van der Waals surface area contributed by atoms with Crippen molar-refractivity contribution in [2.45, 2.75) is 45.1 Å². The van der Waals surface area contributed by atoms with Crippen LogP contribution in [0.2, 0.25) is 0 Å². The molecule has 0 unspecified atom stereocenters. The van der Waals surface area contributed by atoms with Crippen LogP contribution < -0.4 is 5.32 Å². The van der Waals surface area contributed by atoms with Crippen molar-refractivity contribution < 1.29 is 0 Å². The highest BCUT2D eigenvalue weighted by Crippen LogP contribution is 2.35. The van der Waals surface area contributed by atoms with Gasteiger partial charge in [-0.1, -0.05) is 30.5 Å². The van der Waals surface area contributed by atoms with Crippen LogP contribution in [0.15, 0.2) is 29.6 Å². The smallest absolute Gasteiger partial charge is 0.0960 e. The fourth-order valence-electron chi connectivity index (χ4n) is 2.63. The summed E-state index contributed by atoms with van der Waals surface area (Å²) >= 11 is 1.83. The average molecular weight is 272 g/mol. The first kappa shape index (κ1) is 12.7. The molecular formula is C16H20N2S. The number of nitrogens with zero attached hydrogens (tertiary/aromatic N) is 1. The molecule has 0 atom stereocenters. The Balaban J connectivity index is 1.59. The van der Waals surface area contributed by atoms with Gasteiger partial charge in [-0.2, -0.15) is 0 Å². The molecule has 1 fully saturated rings. The number of aromatic nitrogens is 1. The summed E-state index contributed by atoms with van der Waals surface area (Å²) in [7, 11) is 0. The van der Waals surface area contributed by atoms with E-state index in [1.807, 2.05) is 11.3 Å². The lowest BCUT2D eigenvalue weighted by molar-refractivity contribution is 0.712. The van der Waals surface area contributed by atoms with Gasteiger partial charge in [0.15, 0.2) is 0 Å². The molecule has 3 heteroatoms. The molecule has 19 heavy (non-hydrogen) atoms. The van der Waals surface area contributed by atoms with Gasteiger partial charge in [0.05, 0.1) is 17.2 Å². The quantitative estimate of drug-likeness (QED) is 0.871. The summed E-state index contributed by atoms with van der Waals surface area (Å²) in [6.45, 7) is 2.93. The minimum Gasteiger partial charge on any atom is -0.379 e. The topological polar surface area (TPSA) is 24.9 Å². The van der Waals surface area contributed by atoms with Crippen LogP contribution in [0.1, 0.15) is 47.9 Å². The van der Waals surface area contributed by atoms with Gasteiger partial charge in [0.2, 0.25) is 0 Å². The normalized spacial score (nSPS) is 15.8. The van der Waals surface area contributed by atoms with E-state index in [4.69, 9.17) is 4.98 Å². The molecule has 1 aromatic carbocycles. The number of hydrogen-bond donors (Lipinski definition) is 1. The molecule has 1 aromatic heterocycles. The maximum atomic E-state index is 4.78. The summed E-state index contributed by atoms with van der Waals surface area (Å²) in [5, 5.41) is 6.99. The van der Waals surface area contributed by atoms with Crippen molar-refractivity contribution in [2.24, 2.45) is 0 Å². The number of nitrogens with one attached hydrogen (secondary N) is 1. The third-order valence-corrected chi connectivity index (χ3v) is 4.86. The van der Waals surface area contributed by atoms with E-state index in [1.165, 1.54) is 47.6 Å². The van der Waals surface area contributed by atoms with E-state index >= 15 is 0 Å². The third kappa shape index (κ3) is 3.16. The first-order valence-electron chi connectivity index (χ1n) is 7.06. The molecule has 0 aliphatic heterocycles. The van der Waals surface area contributed by atoms with Crippen molar-refractivity contribution in [3.05, 3.63) is 45.9 Å². The van der Waals surface area contributed by atoms with Crippen molar-refractivity contribution in [1.29, 1.82) is 0 Å². The minimum absolute atomic E-state index is 0.734. The van der Waals surface area contributed by atoms with Crippen LogP contribution in [0.3, 0.4) is 0 Å². The van der Waals surface area contributed by atoms with Crippen LogP contribution in [-0.2, 0) is 6.54 Å². The molecule has 100 valence electrons. The summed E-state index contributed by atoms with van der Waals surface area (Å²) < 4.78 is 0. The van der Waals surface area contributed by atoms with Crippen molar-refractivity contribution in [2.75, 3.05) is 5.32 Å². The van der Waals surface area contributed by atoms with Crippen molar-refractivity contribution in [3.63, 3.8) is 0 Å². The lowest BCUT2D eigenvalue weighted by atomic mass is 10.1. The molecule has 0 amide bonds. The van der Waals surface area contributed by atoms with Crippen LogP contribution in [0.4, 0.5) is 5.69 Å². The maximum Gasteiger partial charge on any atom is 0.0960 e. The largest absolute Gasteiger partial charge is 0.379 e. The molecule has 1 aliphatic rings. The van der Waals surface area contributed by atoms with Gasteiger partial charge >= 0.3 is 0 Å². The predicted molar refractivity (Wildman–Crippen MR) is 81.8 cm³/mol. The number of anilines is 1. The van der Waals surface area contributed by atoms with Crippen LogP contribution in [0.5, 0.6) is 0 Å². The van der Waals surface area contributed by atoms with Gasteiger partial charge in [-0.25, -0.2) is 4.98 Å². The number of thiazole rings is 1. The van der Waals surface area contributed by atoms with E-state index in [-0.39, 0.29) is 0 Å². The number of aryl methyl sites for hydroxylation is 1. The molecule has 2 nitrogen and oxygen atoms in total. The van der Waals surface area contributed by atoms with Crippen molar-refractivity contribution in [3.8, 4) is 0 Å². The molecule has 1 aliphatic carbocycles. The van der Waals surface area contributed by atoms with Crippen molar-refractivity contribution >= 4 is 17.0 Å². The van der Waals surface area contributed by atoms with Crippen molar-refractivity contribution in [1.82, 2.24) is 4.98 Å². The van der Waals surface area contributed by atoms with Crippen LogP contribution in [0, 0.1) is 6.92 Å². The zero-order valence-corrected chi connectivity index (χ0v) is 12.2. The Labute approximate surface area is 118 Å². The SMILES string of the molecule is Cc1ccc(NCc2csc(C3CCCC3)n2)cc1. The molecule has 2 aromatic rings. The molecular weight excluding hydrogens is 252 g/mol. The Morgan fingerprint density at radius 2 is 1.95 bits per heavy atom. The average Bonchev–Trinajstić information content (AvgIpc) is 3.09. The molecule has 1 N–H and O–H groups in total. The number of benzene rings is 1. The molecule has 0 spiro atoms. The second kappa shape index (κ2) is 5.74. The highest BCUT2D eigenvalue weighted by Gasteiger charge is 2.19. The lowest BCUT2D eigenvalue weighted by Crippen LogP contribution is -2.00. The molecule has 1 saturated carbocycles. The Kier molecular flexibility index (Phi) is 3.83. The van der Waals surface area contributed by atoms with Gasteiger partial charge < -0.3 is 5.32 Å². The Morgan fingerprint density at radius 3 is 2.68 bits per heavy atom. The number of hydrogen-bond acceptors (Lipinski definition) is 3. The Morgan fingerprint density at radius 1 is 1.21 bits per heavy atom. The molecule has 1 heterocycles. The fourth-order valence-corrected chi connectivity index (χ4v) is 3.62. The fraction of sp³-hybridized carbons (Fsp3) is 0.438. The molecule has 0 radical (unpaired) electrons. The predicted octanol–water partition coefficient (Wildman–Crippen LogP) is 4.72. The third-order valence-electron chi connectivity index (χ3n) is 3.80. The van der Waals surface area contributed by atoms with E-state index in [1.54, 1.807) is 0 Å². The second-order valence-electron chi connectivity index (χ2n) is 5.38. The maximum absolute atomic E-state index is 4.78. The van der Waals surface area contributed by atoms with Crippen LogP contribution in [-0.4, -0.2) is 4.98 Å². The van der Waals surface area contributed by atoms with Gasteiger partial charge in [0, 0.05) is 17.0 Å². The monoisotopic (exact) mass is 272 g/mol. The van der Waals surface area contributed by atoms with E-state index in [0.29, 0.717) is 0 Å². The van der Waals surface area contributed by atoms with Gasteiger partial charge in [0.25, 0.3) is 0 Å². The molecule has 0 saturated heterocycles. The summed E-state index contributed by atoms with van der Waals surface area (Å²) in [4.78, 5) is 4.78.